The molecule has 0 aliphatic rings. The summed E-state index contributed by atoms with van der Waals surface area (Å²) < 4.78 is 0. The summed E-state index contributed by atoms with van der Waals surface area (Å²) in [4.78, 5) is 3.07. The molecule has 0 fully saturated rings. The third-order valence-corrected chi connectivity index (χ3v) is 0.412. The van der Waals surface area contributed by atoms with Crippen LogP contribution in [0.25, 0.3) is 0 Å². The summed E-state index contributed by atoms with van der Waals surface area (Å²) in [5.41, 5.74) is 4.63. The van der Waals surface area contributed by atoms with Crippen molar-refractivity contribution in [1.29, 1.82) is 0 Å². The van der Waals surface area contributed by atoms with E-state index in [0.717, 1.165) is 0 Å². The molecule has 44 valence electrons. The predicted octanol–water partition coefficient (Wildman–Crippen LogP) is -1.93. The Morgan fingerprint density at radius 1 is 1.57 bits per heavy atom. The Labute approximate surface area is 39.9 Å². The van der Waals surface area contributed by atoms with Crippen LogP contribution in [0.4, 0.5) is 0 Å². The molecule has 7 heavy (non-hydrogen) atoms. The van der Waals surface area contributed by atoms with Crippen LogP contribution in [0.2, 0.25) is 0 Å². The van der Waals surface area contributed by atoms with Crippen molar-refractivity contribution >= 4 is 0 Å². The van der Waals surface area contributed by atoms with Crippen molar-refractivity contribution in [2.75, 3.05) is 6.54 Å². The smallest absolute Gasteiger partial charge is 0.319 e. The van der Waals surface area contributed by atoms with Crippen molar-refractivity contribution in [3.8, 4) is 0 Å². The third-order valence-electron chi connectivity index (χ3n) is 0.412. The Balaban J connectivity index is 3.36. The SMILES string of the molecule is NCC(O)(O)OO. The third kappa shape index (κ3) is 2.49. The molecule has 5 N–H and O–H groups in total. The lowest BCUT2D eigenvalue weighted by molar-refractivity contribution is -0.464. The van der Waals surface area contributed by atoms with Gasteiger partial charge in [0.15, 0.2) is 0 Å². The molecule has 0 aliphatic carbocycles. The quantitative estimate of drug-likeness (QED) is 0.188. The van der Waals surface area contributed by atoms with Crippen LogP contribution < -0.4 is 5.73 Å². The van der Waals surface area contributed by atoms with E-state index < -0.39 is 12.5 Å². The number of hydrogen-bond donors (Lipinski definition) is 4. The summed E-state index contributed by atoms with van der Waals surface area (Å²) in [6.45, 7) is -0.566. The van der Waals surface area contributed by atoms with Gasteiger partial charge in [-0.05, 0) is 0 Å². The van der Waals surface area contributed by atoms with Crippen LogP contribution in [-0.4, -0.2) is 28.0 Å². The van der Waals surface area contributed by atoms with E-state index in [2.05, 4.69) is 10.6 Å². The van der Waals surface area contributed by atoms with E-state index in [1.165, 1.54) is 0 Å². The molecule has 5 nitrogen and oxygen atoms in total. The minimum atomic E-state index is -2.58. The Morgan fingerprint density at radius 3 is 2.00 bits per heavy atom. The van der Waals surface area contributed by atoms with Gasteiger partial charge in [-0.25, -0.2) is 5.26 Å². The molecular weight excluding hydrogens is 102 g/mol. The van der Waals surface area contributed by atoms with Crippen molar-refractivity contribution in [3.63, 3.8) is 0 Å². The zero-order valence-corrected chi connectivity index (χ0v) is 3.53. The van der Waals surface area contributed by atoms with Gasteiger partial charge in [0, 0.05) is 0 Å². The zero-order chi connectivity index (χ0) is 5.91. The molecule has 0 bridgehead atoms. The van der Waals surface area contributed by atoms with E-state index in [1.807, 2.05) is 0 Å². The first-order valence-corrected chi connectivity index (χ1v) is 1.60. The van der Waals surface area contributed by atoms with Crippen LogP contribution in [0.15, 0.2) is 0 Å². The minimum absolute atomic E-state index is 0.566. The summed E-state index contributed by atoms with van der Waals surface area (Å²) >= 11 is 0. The summed E-state index contributed by atoms with van der Waals surface area (Å²) in [5.74, 6) is -2.58. The highest BCUT2D eigenvalue weighted by atomic mass is 17.2. The van der Waals surface area contributed by atoms with Gasteiger partial charge in [-0.15, -0.1) is 0 Å². The standard InChI is InChI=1S/C2H7NO4/c3-1-2(4,5)7-6/h4-6H,1,3H2. The average Bonchev–Trinajstić information content (AvgIpc) is 1.68. The highest BCUT2D eigenvalue weighted by Gasteiger charge is 2.20. The van der Waals surface area contributed by atoms with Crippen molar-refractivity contribution in [1.82, 2.24) is 0 Å². The maximum absolute atomic E-state index is 8.09. The van der Waals surface area contributed by atoms with E-state index >= 15 is 0 Å². The first-order valence-electron chi connectivity index (χ1n) is 1.60. The Hall–Kier alpha value is -0.200. The number of rotatable bonds is 2. The fraction of sp³-hybridized carbons (Fsp3) is 1.00. The van der Waals surface area contributed by atoms with Crippen LogP contribution >= 0.6 is 0 Å². The fourth-order valence-corrected chi connectivity index (χ4v) is 0.0373. The molecule has 0 amide bonds. The van der Waals surface area contributed by atoms with E-state index in [9.17, 15) is 0 Å². The Kier molecular flexibility index (Phi) is 2.13. The first kappa shape index (κ1) is 6.80. The van der Waals surface area contributed by atoms with Crippen LogP contribution in [-0.2, 0) is 4.89 Å². The molecule has 0 saturated carbocycles. The second-order valence-electron chi connectivity index (χ2n) is 1.04. The van der Waals surface area contributed by atoms with Crippen molar-refractivity contribution in [3.05, 3.63) is 0 Å². The Morgan fingerprint density at radius 2 is 2.00 bits per heavy atom. The van der Waals surface area contributed by atoms with Crippen molar-refractivity contribution in [2.24, 2.45) is 5.73 Å². The number of nitrogens with two attached hydrogens (primary N) is 1. The lowest BCUT2D eigenvalue weighted by Gasteiger charge is -2.12. The molecule has 0 saturated heterocycles. The van der Waals surface area contributed by atoms with E-state index in [1.54, 1.807) is 0 Å². The van der Waals surface area contributed by atoms with Gasteiger partial charge in [-0.3, -0.25) is 0 Å². The van der Waals surface area contributed by atoms with Gasteiger partial charge < -0.3 is 15.9 Å². The zero-order valence-electron chi connectivity index (χ0n) is 3.53. The van der Waals surface area contributed by atoms with Crippen molar-refractivity contribution < 1.29 is 20.4 Å². The van der Waals surface area contributed by atoms with Gasteiger partial charge in [-0.1, -0.05) is 0 Å². The fourth-order valence-electron chi connectivity index (χ4n) is 0.0373. The molecule has 0 rings (SSSR count). The van der Waals surface area contributed by atoms with Gasteiger partial charge in [0.05, 0.1) is 6.54 Å². The van der Waals surface area contributed by atoms with Gasteiger partial charge in [0.1, 0.15) is 0 Å². The second kappa shape index (κ2) is 2.20. The van der Waals surface area contributed by atoms with Crippen molar-refractivity contribution in [2.45, 2.75) is 5.97 Å². The number of aliphatic hydroxyl groups is 2. The second-order valence-corrected chi connectivity index (χ2v) is 1.04. The Bertz CT molecular complexity index is 47.7. The lowest BCUT2D eigenvalue weighted by Crippen LogP contribution is -2.39. The van der Waals surface area contributed by atoms with Gasteiger partial charge in [0.25, 0.3) is 0 Å². The molecule has 0 aliphatic heterocycles. The largest absolute Gasteiger partial charge is 0.341 e. The number of hydrogen-bond acceptors (Lipinski definition) is 5. The van der Waals surface area contributed by atoms with Crippen LogP contribution in [0.3, 0.4) is 0 Å². The summed E-state index contributed by atoms with van der Waals surface area (Å²) in [6, 6.07) is 0. The molecule has 5 heteroatoms. The summed E-state index contributed by atoms with van der Waals surface area (Å²) in [5, 5.41) is 23.7. The molecule has 0 aromatic heterocycles. The normalized spacial score (nSPS) is 12.0. The van der Waals surface area contributed by atoms with Gasteiger partial charge in [-0.2, -0.15) is 4.89 Å². The molecule has 0 heterocycles. The summed E-state index contributed by atoms with van der Waals surface area (Å²) in [6.07, 6.45) is 0. The molecule has 0 radical (unpaired) electrons. The van der Waals surface area contributed by atoms with E-state index in [4.69, 9.17) is 15.5 Å². The summed E-state index contributed by atoms with van der Waals surface area (Å²) in [7, 11) is 0. The average molecular weight is 109 g/mol. The minimum Gasteiger partial charge on any atom is -0.341 e. The van der Waals surface area contributed by atoms with E-state index in [-0.39, 0.29) is 0 Å². The van der Waals surface area contributed by atoms with Gasteiger partial charge in [0.2, 0.25) is 0 Å². The first-order chi connectivity index (χ1) is 3.12. The van der Waals surface area contributed by atoms with Gasteiger partial charge >= 0.3 is 5.97 Å². The van der Waals surface area contributed by atoms with E-state index in [0.29, 0.717) is 0 Å². The van der Waals surface area contributed by atoms with Crippen LogP contribution in [0, 0.1) is 0 Å². The maximum atomic E-state index is 8.09. The monoisotopic (exact) mass is 109 g/mol. The molecule has 0 unspecified atom stereocenters. The topological polar surface area (TPSA) is 95.9 Å². The molecule has 0 atom stereocenters. The molecule has 0 spiro atoms. The molecule has 0 aromatic rings. The molecule has 0 aromatic carbocycles. The maximum Gasteiger partial charge on any atom is 0.319 e. The van der Waals surface area contributed by atoms with Crippen LogP contribution in [0.5, 0.6) is 0 Å². The lowest BCUT2D eigenvalue weighted by atomic mass is 10.6. The van der Waals surface area contributed by atoms with Crippen LogP contribution in [0.1, 0.15) is 0 Å². The predicted molar refractivity (Wildman–Crippen MR) is 19.9 cm³/mol. The highest BCUT2D eigenvalue weighted by Crippen LogP contribution is 1.92. The molecular formula is C2H7NO4. The highest BCUT2D eigenvalue weighted by molar-refractivity contribution is 4.43.